The third kappa shape index (κ3) is 5.75. The molecule has 1 aromatic rings. The van der Waals surface area contributed by atoms with Crippen LogP contribution in [-0.2, 0) is 11.2 Å². The average Bonchev–Trinajstić information content (AvgIpc) is 2.36. The van der Waals surface area contributed by atoms with Crippen LogP contribution in [0.2, 0.25) is 0 Å². The molecule has 0 saturated heterocycles. The molecule has 0 aromatic heterocycles. The van der Waals surface area contributed by atoms with Crippen LogP contribution in [0, 0.1) is 5.82 Å². The van der Waals surface area contributed by atoms with E-state index >= 15 is 0 Å². The molecule has 114 valence electrons. The molecule has 0 aliphatic heterocycles. The predicted octanol–water partition coefficient (Wildman–Crippen LogP) is 2.54. The lowest BCUT2D eigenvalue weighted by atomic mass is 10.1. The summed E-state index contributed by atoms with van der Waals surface area (Å²) in [6.07, 6.45) is -3.99. The summed E-state index contributed by atoms with van der Waals surface area (Å²) in [5.41, 5.74) is 0.651. The molecule has 7 heteroatoms. The summed E-state index contributed by atoms with van der Waals surface area (Å²) in [6.45, 7) is -1.40. The van der Waals surface area contributed by atoms with Gasteiger partial charge in [-0.15, -0.1) is 0 Å². The van der Waals surface area contributed by atoms with E-state index in [1.165, 1.54) is 19.2 Å². The molecule has 1 aromatic carbocycles. The van der Waals surface area contributed by atoms with Gasteiger partial charge in [-0.3, -0.25) is 0 Å². The number of nitrogens with one attached hydrogen (secondary N) is 1. The first kappa shape index (κ1) is 16.7. The van der Waals surface area contributed by atoms with Crippen molar-refractivity contribution in [3.63, 3.8) is 0 Å². The third-order valence-corrected chi connectivity index (χ3v) is 2.69. The normalized spacial score (nSPS) is 13.3. The maximum atomic E-state index is 13.5. The van der Waals surface area contributed by atoms with E-state index in [0.717, 1.165) is 0 Å². The molecule has 0 aliphatic carbocycles. The Bertz CT molecular complexity index is 423. The fourth-order valence-electron chi connectivity index (χ4n) is 1.68. The highest BCUT2D eigenvalue weighted by atomic mass is 19.4. The highest BCUT2D eigenvalue weighted by molar-refractivity contribution is 5.29. The summed E-state index contributed by atoms with van der Waals surface area (Å²) >= 11 is 0. The molecule has 0 spiro atoms. The highest BCUT2D eigenvalue weighted by Crippen LogP contribution is 2.19. The van der Waals surface area contributed by atoms with Gasteiger partial charge in [-0.25, -0.2) is 4.39 Å². The van der Waals surface area contributed by atoms with Crippen LogP contribution in [-0.4, -0.2) is 39.6 Å². The minimum Gasteiger partial charge on any atom is -0.494 e. The quantitative estimate of drug-likeness (QED) is 0.784. The molecular formula is C13H17F4NO2. The van der Waals surface area contributed by atoms with E-state index in [4.69, 9.17) is 4.74 Å². The zero-order chi connectivity index (χ0) is 15.2. The molecule has 1 unspecified atom stereocenters. The summed E-state index contributed by atoms with van der Waals surface area (Å²) < 4.78 is 58.8. The molecule has 0 saturated carbocycles. The third-order valence-electron chi connectivity index (χ3n) is 2.69. The van der Waals surface area contributed by atoms with Gasteiger partial charge in [0.25, 0.3) is 0 Å². The van der Waals surface area contributed by atoms with Crippen molar-refractivity contribution in [3.05, 3.63) is 29.6 Å². The van der Waals surface area contributed by atoms with Crippen LogP contribution in [0.3, 0.4) is 0 Å². The van der Waals surface area contributed by atoms with Crippen LogP contribution in [0.1, 0.15) is 5.56 Å². The number of halogens is 4. The molecule has 0 heterocycles. The van der Waals surface area contributed by atoms with Crippen LogP contribution < -0.4 is 10.1 Å². The first-order chi connectivity index (χ1) is 9.35. The zero-order valence-electron chi connectivity index (χ0n) is 11.3. The number of alkyl halides is 3. The molecule has 20 heavy (non-hydrogen) atoms. The van der Waals surface area contributed by atoms with Gasteiger partial charge in [0.1, 0.15) is 6.61 Å². The summed E-state index contributed by atoms with van der Waals surface area (Å²) in [4.78, 5) is 0. The van der Waals surface area contributed by atoms with Gasteiger partial charge >= 0.3 is 6.18 Å². The SMILES string of the molecule is CNC(COCC(F)(F)F)Cc1ccc(OC)c(F)c1. The molecule has 0 radical (unpaired) electrons. The van der Waals surface area contributed by atoms with Crippen molar-refractivity contribution in [2.75, 3.05) is 27.4 Å². The van der Waals surface area contributed by atoms with Gasteiger partial charge in [0.2, 0.25) is 0 Å². The van der Waals surface area contributed by atoms with Gasteiger partial charge in [-0.1, -0.05) is 6.07 Å². The topological polar surface area (TPSA) is 30.5 Å². The molecular weight excluding hydrogens is 278 g/mol. The number of benzene rings is 1. The summed E-state index contributed by atoms with van der Waals surface area (Å²) in [7, 11) is 2.97. The smallest absolute Gasteiger partial charge is 0.411 e. The zero-order valence-corrected chi connectivity index (χ0v) is 11.3. The Kier molecular flexibility index (Phi) is 6.22. The lowest BCUT2D eigenvalue weighted by Crippen LogP contribution is -2.34. The van der Waals surface area contributed by atoms with Crippen LogP contribution in [0.4, 0.5) is 17.6 Å². The Morgan fingerprint density at radius 3 is 2.50 bits per heavy atom. The van der Waals surface area contributed by atoms with Gasteiger partial charge in [0.05, 0.1) is 13.7 Å². The van der Waals surface area contributed by atoms with E-state index in [1.807, 2.05) is 0 Å². The maximum Gasteiger partial charge on any atom is 0.411 e. The highest BCUT2D eigenvalue weighted by Gasteiger charge is 2.27. The second kappa shape index (κ2) is 7.44. The van der Waals surface area contributed by atoms with Crippen LogP contribution in [0.15, 0.2) is 18.2 Å². The predicted molar refractivity (Wildman–Crippen MR) is 66.4 cm³/mol. The fourth-order valence-corrected chi connectivity index (χ4v) is 1.68. The number of hydrogen-bond donors (Lipinski definition) is 1. The van der Waals surface area contributed by atoms with Crippen molar-refractivity contribution < 1.29 is 27.0 Å². The molecule has 0 amide bonds. The summed E-state index contributed by atoms with van der Waals surface area (Å²) in [5, 5.41) is 2.84. The molecule has 3 nitrogen and oxygen atoms in total. The fraction of sp³-hybridized carbons (Fsp3) is 0.538. The number of rotatable bonds is 7. The molecule has 1 atom stereocenters. The van der Waals surface area contributed by atoms with E-state index in [2.05, 4.69) is 10.1 Å². The minimum absolute atomic E-state index is 0.107. The van der Waals surface area contributed by atoms with Crippen molar-refractivity contribution >= 4 is 0 Å². The van der Waals surface area contributed by atoms with Crippen LogP contribution in [0.25, 0.3) is 0 Å². The molecule has 0 bridgehead atoms. The van der Waals surface area contributed by atoms with Gasteiger partial charge in [0.15, 0.2) is 11.6 Å². The standard InChI is InChI=1S/C13H17F4NO2/c1-18-10(7-20-8-13(15,16)17)5-9-3-4-12(19-2)11(14)6-9/h3-4,6,10,18H,5,7-8H2,1-2H3. The molecule has 1 rings (SSSR count). The van der Waals surface area contributed by atoms with Gasteiger partial charge < -0.3 is 14.8 Å². The van der Waals surface area contributed by atoms with Crippen molar-refractivity contribution in [2.45, 2.75) is 18.6 Å². The number of likely N-dealkylation sites (N-methyl/N-ethyl adjacent to an activating group) is 1. The van der Waals surface area contributed by atoms with E-state index in [1.54, 1.807) is 13.1 Å². The summed E-state index contributed by atoms with van der Waals surface area (Å²) in [6, 6.07) is 4.11. The summed E-state index contributed by atoms with van der Waals surface area (Å²) in [5.74, 6) is -0.376. The van der Waals surface area contributed by atoms with Crippen LogP contribution in [0.5, 0.6) is 5.75 Å². The number of methoxy groups -OCH3 is 1. The van der Waals surface area contributed by atoms with Crippen molar-refractivity contribution in [1.29, 1.82) is 0 Å². The second-order valence-electron chi connectivity index (χ2n) is 4.29. The Morgan fingerprint density at radius 2 is 2.00 bits per heavy atom. The van der Waals surface area contributed by atoms with E-state index in [-0.39, 0.29) is 18.4 Å². The first-order valence-electron chi connectivity index (χ1n) is 6.00. The van der Waals surface area contributed by atoms with E-state index < -0.39 is 18.6 Å². The number of hydrogen-bond acceptors (Lipinski definition) is 3. The Balaban J connectivity index is 2.53. The van der Waals surface area contributed by atoms with Gasteiger partial charge in [-0.2, -0.15) is 13.2 Å². The minimum atomic E-state index is -4.34. The monoisotopic (exact) mass is 295 g/mol. The molecule has 0 fully saturated rings. The second-order valence-corrected chi connectivity index (χ2v) is 4.29. The van der Waals surface area contributed by atoms with Crippen molar-refractivity contribution in [2.24, 2.45) is 0 Å². The van der Waals surface area contributed by atoms with Crippen molar-refractivity contribution in [3.8, 4) is 5.75 Å². The lowest BCUT2D eigenvalue weighted by molar-refractivity contribution is -0.175. The van der Waals surface area contributed by atoms with Crippen LogP contribution >= 0.6 is 0 Å². The van der Waals surface area contributed by atoms with Gasteiger partial charge in [-0.05, 0) is 31.2 Å². The Morgan fingerprint density at radius 1 is 1.30 bits per heavy atom. The Hall–Kier alpha value is -1.34. The van der Waals surface area contributed by atoms with E-state index in [9.17, 15) is 17.6 Å². The van der Waals surface area contributed by atoms with Crippen molar-refractivity contribution in [1.82, 2.24) is 5.32 Å². The largest absolute Gasteiger partial charge is 0.494 e. The first-order valence-corrected chi connectivity index (χ1v) is 6.00. The maximum absolute atomic E-state index is 13.5. The van der Waals surface area contributed by atoms with Gasteiger partial charge in [0, 0.05) is 6.04 Å². The lowest BCUT2D eigenvalue weighted by Gasteiger charge is -2.17. The van der Waals surface area contributed by atoms with E-state index in [0.29, 0.717) is 12.0 Å². The average molecular weight is 295 g/mol. The molecule has 1 N–H and O–H groups in total. The Labute approximate surface area is 114 Å². The molecule has 0 aliphatic rings. The number of ether oxygens (including phenoxy) is 2.